The van der Waals surface area contributed by atoms with Crippen LogP contribution in [0.3, 0.4) is 0 Å². The summed E-state index contributed by atoms with van der Waals surface area (Å²) in [5, 5.41) is 7.65. The van der Waals surface area contributed by atoms with E-state index >= 15 is 0 Å². The SMILES string of the molecule is CCOc1ncccc1CNC(=NC)NC1CCC(SC)C1.I. The molecule has 5 nitrogen and oxygen atoms in total. The van der Waals surface area contributed by atoms with E-state index in [1.54, 1.807) is 6.20 Å². The molecule has 2 rings (SSSR count). The van der Waals surface area contributed by atoms with Gasteiger partial charge in [0.05, 0.1) is 6.61 Å². The molecule has 7 heteroatoms. The van der Waals surface area contributed by atoms with Crippen molar-refractivity contribution < 1.29 is 4.74 Å². The molecule has 130 valence electrons. The molecule has 2 unspecified atom stereocenters. The summed E-state index contributed by atoms with van der Waals surface area (Å²) in [6.45, 7) is 3.24. The Morgan fingerprint density at radius 2 is 2.30 bits per heavy atom. The van der Waals surface area contributed by atoms with Crippen LogP contribution < -0.4 is 15.4 Å². The molecule has 2 N–H and O–H groups in total. The Kier molecular flexibility index (Phi) is 9.69. The average Bonchev–Trinajstić information content (AvgIpc) is 3.00. The molecular formula is C16H27IN4OS. The lowest BCUT2D eigenvalue weighted by molar-refractivity contribution is 0.322. The molecule has 1 saturated carbocycles. The molecule has 23 heavy (non-hydrogen) atoms. The first kappa shape index (κ1) is 20.3. The molecule has 0 radical (unpaired) electrons. The highest BCUT2D eigenvalue weighted by Gasteiger charge is 2.24. The number of thioether (sulfide) groups is 1. The maximum atomic E-state index is 5.55. The number of aliphatic imine (C=N–C) groups is 1. The van der Waals surface area contributed by atoms with Gasteiger partial charge in [-0.2, -0.15) is 11.8 Å². The van der Waals surface area contributed by atoms with Gasteiger partial charge in [-0.25, -0.2) is 4.98 Å². The second kappa shape index (κ2) is 11.0. The van der Waals surface area contributed by atoms with E-state index < -0.39 is 0 Å². The third kappa shape index (κ3) is 6.37. The van der Waals surface area contributed by atoms with Crippen LogP contribution in [-0.2, 0) is 6.54 Å². The van der Waals surface area contributed by atoms with Crippen LogP contribution in [0, 0.1) is 0 Å². The lowest BCUT2D eigenvalue weighted by Gasteiger charge is -2.18. The number of halogens is 1. The molecule has 0 saturated heterocycles. The highest BCUT2D eigenvalue weighted by atomic mass is 127. The molecule has 0 amide bonds. The Balaban J connectivity index is 0.00000264. The summed E-state index contributed by atoms with van der Waals surface area (Å²) in [7, 11) is 1.81. The number of nitrogens with zero attached hydrogens (tertiary/aromatic N) is 2. The van der Waals surface area contributed by atoms with Crippen LogP contribution in [0.2, 0.25) is 0 Å². The molecule has 1 aromatic heterocycles. The minimum Gasteiger partial charge on any atom is -0.478 e. The summed E-state index contributed by atoms with van der Waals surface area (Å²) in [6.07, 6.45) is 7.65. The Morgan fingerprint density at radius 3 is 2.96 bits per heavy atom. The molecule has 0 aromatic carbocycles. The van der Waals surface area contributed by atoms with Crippen LogP contribution in [0.4, 0.5) is 0 Å². The quantitative estimate of drug-likeness (QED) is 0.397. The highest BCUT2D eigenvalue weighted by molar-refractivity contribution is 14.0. The van der Waals surface area contributed by atoms with E-state index in [0.29, 0.717) is 25.1 Å². The fourth-order valence-corrected chi connectivity index (χ4v) is 3.47. The topological polar surface area (TPSA) is 58.5 Å². The molecule has 1 aromatic rings. The first-order valence-corrected chi connectivity index (χ1v) is 9.12. The zero-order chi connectivity index (χ0) is 15.8. The predicted octanol–water partition coefficient (Wildman–Crippen LogP) is 3.05. The van der Waals surface area contributed by atoms with Crippen molar-refractivity contribution in [3.8, 4) is 5.88 Å². The lowest BCUT2D eigenvalue weighted by Crippen LogP contribution is -2.42. The number of ether oxygens (including phenoxy) is 1. The van der Waals surface area contributed by atoms with Crippen molar-refractivity contribution in [1.29, 1.82) is 0 Å². The first-order valence-electron chi connectivity index (χ1n) is 7.83. The van der Waals surface area contributed by atoms with E-state index in [9.17, 15) is 0 Å². The Morgan fingerprint density at radius 1 is 1.48 bits per heavy atom. The lowest BCUT2D eigenvalue weighted by atomic mass is 10.2. The molecule has 1 heterocycles. The summed E-state index contributed by atoms with van der Waals surface area (Å²) in [6, 6.07) is 4.47. The maximum absolute atomic E-state index is 5.55. The molecule has 1 fully saturated rings. The average molecular weight is 450 g/mol. The number of nitrogens with one attached hydrogen (secondary N) is 2. The van der Waals surface area contributed by atoms with Gasteiger partial charge in [-0.1, -0.05) is 6.07 Å². The van der Waals surface area contributed by atoms with Gasteiger partial charge in [-0.3, -0.25) is 4.99 Å². The summed E-state index contributed by atoms with van der Waals surface area (Å²) >= 11 is 1.96. The largest absolute Gasteiger partial charge is 0.478 e. The van der Waals surface area contributed by atoms with Crippen LogP contribution in [0.25, 0.3) is 0 Å². The summed E-state index contributed by atoms with van der Waals surface area (Å²) in [4.78, 5) is 8.59. The van der Waals surface area contributed by atoms with Crippen LogP contribution in [0.15, 0.2) is 23.3 Å². The molecule has 2 atom stereocenters. The van der Waals surface area contributed by atoms with Gasteiger partial charge >= 0.3 is 0 Å². The number of hydrogen-bond acceptors (Lipinski definition) is 4. The summed E-state index contributed by atoms with van der Waals surface area (Å²) in [5.74, 6) is 1.54. The Bertz CT molecular complexity index is 501. The highest BCUT2D eigenvalue weighted by Crippen LogP contribution is 2.28. The number of guanidine groups is 1. The van der Waals surface area contributed by atoms with Crippen molar-refractivity contribution in [2.75, 3.05) is 19.9 Å². The van der Waals surface area contributed by atoms with Gasteiger partial charge in [0.15, 0.2) is 5.96 Å². The standard InChI is InChI=1S/C16H26N4OS.HI/c1-4-21-15-12(6-5-9-18-15)11-19-16(17-2)20-13-7-8-14(10-13)22-3;/h5-6,9,13-14H,4,7-8,10-11H2,1-3H3,(H2,17,19,20);1H. The number of rotatable bonds is 6. The summed E-state index contributed by atoms with van der Waals surface area (Å²) in [5.41, 5.74) is 1.04. The minimum atomic E-state index is 0. The minimum absolute atomic E-state index is 0. The molecule has 0 bridgehead atoms. The van der Waals surface area contributed by atoms with Gasteiger partial charge < -0.3 is 15.4 Å². The van der Waals surface area contributed by atoms with Crippen molar-refractivity contribution in [2.45, 2.75) is 44.0 Å². The van der Waals surface area contributed by atoms with Crippen molar-refractivity contribution in [1.82, 2.24) is 15.6 Å². The van der Waals surface area contributed by atoms with Gasteiger partial charge in [0.2, 0.25) is 5.88 Å². The van der Waals surface area contributed by atoms with E-state index in [0.717, 1.165) is 16.8 Å². The fourth-order valence-electron chi connectivity index (χ4n) is 2.68. The molecule has 0 spiro atoms. The second-order valence-electron chi connectivity index (χ2n) is 5.34. The third-order valence-electron chi connectivity index (χ3n) is 3.86. The molecule has 1 aliphatic carbocycles. The van der Waals surface area contributed by atoms with Crippen LogP contribution in [0.1, 0.15) is 31.7 Å². The van der Waals surface area contributed by atoms with Gasteiger partial charge in [-0.15, -0.1) is 24.0 Å². The Hall–Kier alpha value is -0.700. The normalized spacial score (nSPS) is 20.7. The van der Waals surface area contributed by atoms with Gasteiger partial charge in [-0.05, 0) is 38.5 Å². The smallest absolute Gasteiger partial charge is 0.218 e. The molecule has 1 aliphatic rings. The van der Waals surface area contributed by atoms with E-state index in [1.165, 1.54) is 19.3 Å². The van der Waals surface area contributed by atoms with Gasteiger partial charge in [0.25, 0.3) is 0 Å². The van der Waals surface area contributed by atoms with E-state index in [-0.39, 0.29) is 24.0 Å². The van der Waals surface area contributed by atoms with Crippen molar-refractivity contribution in [3.63, 3.8) is 0 Å². The fraction of sp³-hybridized carbons (Fsp3) is 0.625. The van der Waals surface area contributed by atoms with Crippen molar-refractivity contribution in [3.05, 3.63) is 23.9 Å². The van der Waals surface area contributed by atoms with Gasteiger partial charge in [0.1, 0.15) is 0 Å². The zero-order valence-corrected chi connectivity index (χ0v) is 17.2. The third-order valence-corrected chi connectivity index (χ3v) is 4.95. The van der Waals surface area contributed by atoms with E-state index in [2.05, 4.69) is 26.9 Å². The number of hydrogen-bond donors (Lipinski definition) is 2. The van der Waals surface area contributed by atoms with Crippen molar-refractivity contribution in [2.24, 2.45) is 4.99 Å². The maximum Gasteiger partial charge on any atom is 0.218 e. The van der Waals surface area contributed by atoms with E-state index in [4.69, 9.17) is 4.74 Å². The molecular weight excluding hydrogens is 423 g/mol. The molecule has 0 aliphatic heterocycles. The number of aromatic nitrogens is 1. The Labute approximate surface area is 160 Å². The zero-order valence-electron chi connectivity index (χ0n) is 14.0. The van der Waals surface area contributed by atoms with Crippen LogP contribution in [-0.4, -0.2) is 42.1 Å². The van der Waals surface area contributed by atoms with Crippen LogP contribution >= 0.6 is 35.7 Å². The monoisotopic (exact) mass is 450 g/mol. The first-order chi connectivity index (χ1) is 10.8. The van der Waals surface area contributed by atoms with E-state index in [1.807, 2.05) is 37.9 Å². The van der Waals surface area contributed by atoms with Crippen LogP contribution in [0.5, 0.6) is 5.88 Å². The predicted molar refractivity (Wildman–Crippen MR) is 109 cm³/mol. The van der Waals surface area contributed by atoms with Crippen molar-refractivity contribution >= 4 is 41.7 Å². The number of pyridine rings is 1. The second-order valence-corrected chi connectivity index (χ2v) is 6.48. The summed E-state index contributed by atoms with van der Waals surface area (Å²) < 4.78 is 5.55. The van der Waals surface area contributed by atoms with Gasteiger partial charge in [0, 0.05) is 36.6 Å².